The third kappa shape index (κ3) is 3.77. The van der Waals surface area contributed by atoms with Crippen molar-refractivity contribution in [2.45, 2.75) is 45.8 Å². The van der Waals surface area contributed by atoms with E-state index >= 15 is 0 Å². The summed E-state index contributed by atoms with van der Waals surface area (Å²) in [5.41, 5.74) is 0.399. The van der Waals surface area contributed by atoms with E-state index < -0.39 is 0 Å². The molecule has 0 N–H and O–H groups in total. The summed E-state index contributed by atoms with van der Waals surface area (Å²) >= 11 is 0. The van der Waals surface area contributed by atoms with Crippen LogP contribution < -0.4 is 0 Å². The van der Waals surface area contributed by atoms with Crippen molar-refractivity contribution >= 4 is 5.91 Å². The summed E-state index contributed by atoms with van der Waals surface area (Å²) in [6.07, 6.45) is 1.76. The van der Waals surface area contributed by atoms with Gasteiger partial charge in [0.05, 0.1) is 30.9 Å². The Labute approximate surface area is 158 Å². The average Bonchev–Trinajstić information content (AvgIpc) is 3.21. The molecule has 4 rings (SSSR count). The maximum atomic E-state index is 12.9. The molecule has 0 unspecified atom stereocenters. The van der Waals surface area contributed by atoms with Crippen molar-refractivity contribution in [3.05, 3.63) is 34.9 Å². The Kier molecular flexibility index (Phi) is 4.77. The van der Waals surface area contributed by atoms with E-state index in [1.807, 2.05) is 31.7 Å². The summed E-state index contributed by atoms with van der Waals surface area (Å²) in [7, 11) is 0. The third-order valence-electron chi connectivity index (χ3n) is 5.50. The van der Waals surface area contributed by atoms with E-state index in [2.05, 4.69) is 15.0 Å². The second-order valence-corrected chi connectivity index (χ2v) is 7.60. The van der Waals surface area contributed by atoms with Crippen molar-refractivity contribution in [1.29, 1.82) is 0 Å². The SMILES string of the molecule is Cc1noc(CN2CCC3(CC2)CN(C(=O)c2cc(C)oc2C)CCO3)n1. The lowest BCUT2D eigenvalue weighted by molar-refractivity contribution is -0.128. The number of likely N-dealkylation sites (tertiary alicyclic amines) is 1. The van der Waals surface area contributed by atoms with Gasteiger partial charge in [-0.05, 0) is 39.7 Å². The van der Waals surface area contributed by atoms with Crippen LogP contribution in [0.3, 0.4) is 0 Å². The van der Waals surface area contributed by atoms with E-state index in [9.17, 15) is 4.79 Å². The Hall–Kier alpha value is -2.19. The molecule has 27 heavy (non-hydrogen) atoms. The quantitative estimate of drug-likeness (QED) is 0.813. The van der Waals surface area contributed by atoms with Crippen molar-refractivity contribution in [1.82, 2.24) is 19.9 Å². The first-order valence-corrected chi connectivity index (χ1v) is 9.46. The maximum Gasteiger partial charge on any atom is 0.257 e. The highest BCUT2D eigenvalue weighted by Gasteiger charge is 2.41. The minimum atomic E-state index is -0.262. The van der Waals surface area contributed by atoms with Crippen molar-refractivity contribution < 1.29 is 18.5 Å². The second-order valence-electron chi connectivity index (χ2n) is 7.60. The molecule has 0 aliphatic carbocycles. The largest absolute Gasteiger partial charge is 0.466 e. The number of carbonyl (C=O) groups is 1. The monoisotopic (exact) mass is 374 g/mol. The number of aryl methyl sites for hydroxylation is 3. The highest BCUT2D eigenvalue weighted by atomic mass is 16.5. The molecule has 0 saturated carbocycles. The highest BCUT2D eigenvalue weighted by Crippen LogP contribution is 2.31. The first-order valence-electron chi connectivity index (χ1n) is 9.46. The molecule has 2 saturated heterocycles. The smallest absolute Gasteiger partial charge is 0.257 e. The van der Waals surface area contributed by atoms with E-state index in [0.29, 0.717) is 49.3 Å². The molecule has 146 valence electrons. The van der Waals surface area contributed by atoms with Crippen molar-refractivity contribution in [2.24, 2.45) is 0 Å². The number of aromatic nitrogens is 2. The van der Waals surface area contributed by atoms with Gasteiger partial charge in [-0.25, -0.2) is 0 Å². The minimum absolute atomic E-state index is 0.0378. The van der Waals surface area contributed by atoms with Crippen molar-refractivity contribution in [2.75, 3.05) is 32.8 Å². The number of carbonyl (C=O) groups excluding carboxylic acids is 1. The highest BCUT2D eigenvalue weighted by molar-refractivity contribution is 5.95. The maximum absolute atomic E-state index is 12.9. The Bertz CT molecular complexity index is 820. The first-order chi connectivity index (χ1) is 12.9. The molecule has 8 heteroatoms. The second kappa shape index (κ2) is 7.09. The van der Waals surface area contributed by atoms with E-state index in [4.69, 9.17) is 13.7 Å². The Balaban J connectivity index is 1.38. The molecule has 4 heterocycles. The van der Waals surface area contributed by atoms with Gasteiger partial charge < -0.3 is 18.6 Å². The number of hydrogen-bond donors (Lipinski definition) is 0. The molecule has 2 fully saturated rings. The van der Waals surface area contributed by atoms with Gasteiger partial charge in [0.25, 0.3) is 5.91 Å². The van der Waals surface area contributed by atoms with Gasteiger partial charge in [-0.2, -0.15) is 4.98 Å². The predicted octanol–water partition coefficient (Wildman–Crippen LogP) is 2.10. The fourth-order valence-electron chi connectivity index (χ4n) is 4.05. The van der Waals surface area contributed by atoms with E-state index in [1.165, 1.54) is 0 Å². The van der Waals surface area contributed by atoms with Crippen molar-refractivity contribution in [3.63, 3.8) is 0 Å². The zero-order valence-electron chi connectivity index (χ0n) is 16.2. The predicted molar refractivity (Wildman–Crippen MR) is 96.3 cm³/mol. The molecule has 0 aromatic carbocycles. The number of hydrogen-bond acceptors (Lipinski definition) is 7. The topological polar surface area (TPSA) is 84.8 Å². The van der Waals surface area contributed by atoms with Gasteiger partial charge in [0.15, 0.2) is 5.82 Å². The molecule has 0 bridgehead atoms. The summed E-state index contributed by atoms with van der Waals surface area (Å²) in [4.78, 5) is 21.4. The number of ether oxygens (including phenoxy) is 1. The van der Waals surface area contributed by atoms with Gasteiger partial charge in [-0.1, -0.05) is 5.16 Å². The summed E-state index contributed by atoms with van der Waals surface area (Å²) < 4.78 is 16.9. The van der Waals surface area contributed by atoms with Gasteiger partial charge in [0.2, 0.25) is 5.89 Å². The van der Waals surface area contributed by atoms with Crippen molar-refractivity contribution in [3.8, 4) is 0 Å². The standard InChI is InChI=1S/C19H26N4O4/c1-13-10-16(14(2)26-13)18(24)23-8-9-25-19(12-23)4-6-22(7-5-19)11-17-20-15(3)21-27-17/h10H,4-9,11-12H2,1-3H3. The number of nitrogens with zero attached hydrogens (tertiary/aromatic N) is 4. The first kappa shape index (κ1) is 18.2. The number of amides is 1. The zero-order chi connectivity index (χ0) is 19.0. The summed E-state index contributed by atoms with van der Waals surface area (Å²) in [5, 5.41) is 3.84. The molecular formula is C19H26N4O4. The molecule has 2 aliphatic rings. The van der Waals surface area contributed by atoms with Gasteiger partial charge in [0.1, 0.15) is 11.5 Å². The molecule has 0 atom stereocenters. The molecule has 1 amide bonds. The molecule has 2 aromatic rings. The van der Waals surface area contributed by atoms with Crippen LogP contribution in [-0.4, -0.2) is 64.2 Å². The fraction of sp³-hybridized carbons (Fsp3) is 0.632. The molecule has 1 spiro atoms. The molecule has 2 aromatic heterocycles. The fourth-order valence-corrected chi connectivity index (χ4v) is 4.05. The summed E-state index contributed by atoms with van der Waals surface area (Å²) in [6.45, 7) is 9.78. The van der Waals surface area contributed by atoms with E-state index in [0.717, 1.165) is 31.7 Å². The van der Waals surface area contributed by atoms with Gasteiger partial charge >= 0.3 is 0 Å². The van der Waals surface area contributed by atoms with E-state index in [1.54, 1.807) is 0 Å². The molecule has 8 nitrogen and oxygen atoms in total. The lowest BCUT2D eigenvalue weighted by Gasteiger charge is -2.47. The molecular weight excluding hydrogens is 348 g/mol. The van der Waals surface area contributed by atoms with Crippen LogP contribution in [0.2, 0.25) is 0 Å². The summed E-state index contributed by atoms with van der Waals surface area (Å²) in [5.74, 6) is 2.80. The lowest BCUT2D eigenvalue weighted by atomic mass is 9.89. The van der Waals surface area contributed by atoms with Gasteiger partial charge in [-0.15, -0.1) is 0 Å². The average molecular weight is 374 g/mol. The Morgan fingerprint density at radius 2 is 2.00 bits per heavy atom. The summed E-state index contributed by atoms with van der Waals surface area (Å²) in [6, 6.07) is 1.83. The normalized spacial score (nSPS) is 20.3. The van der Waals surface area contributed by atoms with Gasteiger partial charge in [-0.3, -0.25) is 9.69 Å². The Morgan fingerprint density at radius 1 is 1.22 bits per heavy atom. The van der Waals surface area contributed by atoms with Crippen LogP contribution in [-0.2, 0) is 11.3 Å². The Morgan fingerprint density at radius 3 is 2.63 bits per heavy atom. The van der Waals surface area contributed by atoms with Crippen LogP contribution in [0.25, 0.3) is 0 Å². The minimum Gasteiger partial charge on any atom is -0.466 e. The van der Waals surface area contributed by atoms with Gasteiger partial charge in [0, 0.05) is 19.6 Å². The van der Waals surface area contributed by atoms with Crippen LogP contribution in [0.5, 0.6) is 0 Å². The number of furan rings is 1. The molecule has 0 radical (unpaired) electrons. The lowest BCUT2D eigenvalue weighted by Crippen LogP contribution is -2.57. The third-order valence-corrected chi connectivity index (χ3v) is 5.50. The van der Waals surface area contributed by atoms with Crippen LogP contribution >= 0.6 is 0 Å². The number of piperidine rings is 1. The molecule has 2 aliphatic heterocycles. The van der Waals surface area contributed by atoms with E-state index in [-0.39, 0.29) is 11.5 Å². The van der Waals surface area contributed by atoms with Crippen LogP contribution in [0.15, 0.2) is 15.0 Å². The van der Waals surface area contributed by atoms with Crippen LogP contribution in [0.4, 0.5) is 0 Å². The number of rotatable bonds is 3. The van der Waals surface area contributed by atoms with Crippen LogP contribution in [0.1, 0.15) is 46.4 Å². The van der Waals surface area contributed by atoms with Crippen LogP contribution in [0, 0.1) is 20.8 Å². The zero-order valence-corrected chi connectivity index (χ0v) is 16.2. The number of morpholine rings is 1.